The fourth-order valence-corrected chi connectivity index (χ4v) is 4.97. The molecule has 0 spiro atoms. The van der Waals surface area contributed by atoms with Gasteiger partial charge in [0.15, 0.2) is 0 Å². The molecule has 1 aliphatic carbocycles. The van der Waals surface area contributed by atoms with Crippen LogP contribution in [0.15, 0.2) is 23.5 Å². The molecule has 5 rings (SSSR count). The second-order valence-corrected chi connectivity index (χ2v) is 10.8. The summed E-state index contributed by atoms with van der Waals surface area (Å²) in [7, 11) is 0. The van der Waals surface area contributed by atoms with Gasteiger partial charge >= 0.3 is 0 Å². The van der Waals surface area contributed by atoms with E-state index in [1.54, 1.807) is 25.0 Å². The Kier molecular flexibility index (Phi) is 7.02. The van der Waals surface area contributed by atoms with Crippen LogP contribution in [0.4, 0.5) is 0 Å². The molecule has 198 valence electrons. The molecule has 2 N–H and O–H groups in total. The Morgan fingerprint density at radius 1 is 1.35 bits per heavy atom. The Hall–Kier alpha value is -3.27. The molecule has 1 aromatic carbocycles. The molecule has 37 heavy (non-hydrogen) atoms. The van der Waals surface area contributed by atoms with Gasteiger partial charge in [-0.2, -0.15) is 0 Å². The minimum Gasteiger partial charge on any atom is -0.488 e. The topological polar surface area (TPSA) is 122 Å². The van der Waals surface area contributed by atoms with Gasteiger partial charge in [-0.05, 0) is 45.7 Å². The summed E-state index contributed by atoms with van der Waals surface area (Å²) in [6.45, 7) is 8.45. The average molecular weight is 509 g/mol. The summed E-state index contributed by atoms with van der Waals surface area (Å²) < 4.78 is 14.0. The minimum atomic E-state index is -0.902. The molecule has 2 amide bonds. The van der Waals surface area contributed by atoms with Crippen LogP contribution in [-0.4, -0.2) is 82.7 Å². The number of fused-ring (bicyclic) bond motifs is 1. The monoisotopic (exact) mass is 508 g/mol. The van der Waals surface area contributed by atoms with Crippen molar-refractivity contribution in [2.75, 3.05) is 32.8 Å². The van der Waals surface area contributed by atoms with E-state index in [1.807, 2.05) is 25.4 Å². The highest BCUT2D eigenvalue weighted by atomic mass is 16.5. The number of amides is 2. The number of benzene rings is 1. The SMILES string of the molecule is CC(Oc1cc(C(=N)CC=NC(C)(C)C(=O)N2CCOCC2)cc2ncn(C3CC3)c12)C1CNC(=O)C1. The van der Waals surface area contributed by atoms with Crippen molar-refractivity contribution in [1.82, 2.24) is 19.8 Å². The largest absolute Gasteiger partial charge is 0.488 e. The fourth-order valence-electron chi connectivity index (χ4n) is 4.97. The number of ether oxygens (including phenoxy) is 2. The van der Waals surface area contributed by atoms with Crippen LogP contribution in [0.25, 0.3) is 11.0 Å². The molecule has 2 aromatic rings. The third-order valence-electron chi connectivity index (χ3n) is 7.44. The van der Waals surface area contributed by atoms with E-state index in [1.165, 1.54) is 0 Å². The Morgan fingerprint density at radius 2 is 2.11 bits per heavy atom. The fraction of sp³-hybridized carbons (Fsp3) is 0.593. The van der Waals surface area contributed by atoms with E-state index in [0.717, 1.165) is 23.9 Å². The first-order valence-electron chi connectivity index (χ1n) is 13.2. The van der Waals surface area contributed by atoms with Crippen molar-refractivity contribution < 1.29 is 19.1 Å². The zero-order chi connectivity index (χ0) is 26.2. The summed E-state index contributed by atoms with van der Waals surface area (Å²) >= 11 is 0. The molecule has 10 nitrogen and oxygen atoms in total. The molecule has 2 unspecified atom stereocenters. The van der Waals surface area contributed by atoms with Gasteiger partial charge in [0, 0.05) is 61.9 Å². The van der Waals surface area contributed by atoms with Gasteiger partial charge in [-0.15, -0.1) is 0 Å². The molecule has 0 bridgehead atoms. The van der Waals surface area contributed by atoms with Gasteiger partial charge in [0.2, 0.25) is 11.8 Å². The molecule has 2 saturated heterocycles. The lowest BCUT2D eigenvalue weighted by Crippen LogP contribution is -2.49. The van der Waals surface area contributed by atoms with Gasteiger partial charge in [-0.3, -0.25) is 14.6 Å². The van der Waals surface area contributed by atoms with Crippen LogP contribution in [0, 0.1) is 11.3 Å². The number of hydrogen-bond acceptors (Lipinski definition) is 7. The maximum Gasteiger partial charge on any atom is 0.250 e. The summed E-state index contributed by atoms with van der Waals surface area (Å²) in [6.07, 6.45) is 6.33. The number of carbonyl (C=O) groups is 2. The van der Waals surface area contributed by atoms with Gasteiger partial charge in [-0.25, -0.2) is 4.98 Å². The van der Waals surface area contributed by atoms with E-state index in [-0.39, 0.29) is 30.3 Å². The number of aromatic nitrogens is 2. The van der Waals surface area contributed by atoms with Crippen LogP contribution in [-0.2, 0) is 14.3 Å². The molecule has 2 aliphatic heterocycles. The minimum absolute atomic E-state index is 0.0322. The zero-order valence-electron chi connectivity index (χ0n) is 21.8. The predicted octanol–water partition coefficient (Wildman–Crippen LogP) is 2.74. The van der Waals surface area contributed by atoms with E-state index in [4.69, 9.17) is 14.9 Å². The first-order valence-corrected chi connectivity index (χ1v) is 13.2. The lowest BCUT2D eigenvalue weighted by molar-refractivity contribution is -0.139. The molecule has 3 fully saturated rings. The lowest BCUT2D eigenvalue weighted by atomic mass is 10.0. The third kappa shape index (κ3) is 5.53. The third-order valence-corrected chi connectivity index (χ3v) is 7.44. The Balaban J connectivity index is 1.33. The predicted molar refractivity (Wildman–Crippen MR) is 141 cm³/mol. The van der Waals surface area contributed by atoms with Crippen LogP contribution in [0.1, 0.15) is 58.1 Å². The molecular weight excluding hydrogens is 472 g/mol. The standard InChI is InChI=1S/C27H36N6O4/c1-17(19-14-24(34)29-15-19)37-23-13-18(12-22-25(23)33(16-30-22)20-4-5-20)21(28)6-7-31-27(2,3)26(35)32-8-10-36-11-9-32/h7,12-13,16-17,19-20,28H,4-6,8-11,14-15H2,1-3H3,(H,29,34). The van der Waals surface area contributed by atoms with Gasteiger partial charge in [0.25, 0.3) is 0 Å². The first-order chi connectivity index (χ1) is 17.7. The molecule has 1 saturated carbocycles. The van der Waals surface area contributed by atoms with Crippen LogP contribution in [0.3, 0.4) is 0 Å². The molecule has 3 aliphatic rings. The highest BCUT2D eigenvalue weighted by molar-refractivity contribution is 6.08. The van der Waals surface area contributed by atoms with E-state index in [0.29, 0.717) is 62.3 Å². The first kappa shape index (κ1) is 25.4. The number of imidazole rings is 1. The number of morpholine rings is 1. The number of rotatable bonds is 9. The number of aliphatic imine (C=N–C) groups is 1. The summed E-state index contributed by atoms with van der Waals surface area (Å²) in [4.78, 5) is 35.6. The van der Waals surface area contributed by atoms with Crippen molar-refractivity contribution in [3.63, 3.8) is 0 Å². The molecule has 0 radical (unpaired) electrons. The van der Waals surface area contributed by atoms with E-state index in [2.05, 4.69) is 19.9 Å². The van der Waals surface area contributed by atoms with E-state index < -0.39 is 5.54 Å². The molecule has 3 heterocycles. The summed E-state index contributed by atoms with van der Waals surface area (Å²) in [5.74, 6) is 0.809. The van der Waals surface area contributed by atoms with Crippen molar-refractivity contribution in [2.24, 2.45) is 10.9 Å². The van der Waals surface area contributed by atoms with Crippen LogP contribution in [0.2, 0.25) is 0 Å². The van der Waals surface area contributed by atoms with Gasteiger partial charge in [0.05, 0.1) is 25.1 Å². The molecule has 1 aromatic heterocycles. The summed E-state index contributed by atoms with van der Waals surface area (Å²) in [5.41, 5.74) is 1.91. The number of nitrogens with zero attached hydrogens (tertiary/aromatic N) is 4. The quantitative estimate of drug-likeness (QED) is 0.505. The maximum atomic E-state index is 12.9. The Bertz CT molecular complexity index is 1220. The van der Waals surface area contributed by atoms with Crippen LogP contribution in [0.5, 0.6) is 5.75 Å². The second kappa shape index (κ2) is 10.2. The van der Waals surface area contributed by atoms with Crippen molar-refractivity contribution in [1.29, 1.82) is 5.41 Å². The maximum absolute atomic E-state index is 12.9. The van der Waals surface area contributed by atoms with Crippen molar-refractivity contribution in [3.8, 4) is 5.75 Å². The van der Waals surface area contributed by atoms with E-state index in [9.17, 15) is 9.59 Å². The van der Waals surface area contributed by atoms with Gasteiger partial charge < -0.3 is 29.7 Å². The lowest BCUT2D eigenvalue weighted by Gasteiger charge is -2.32. The summed E-state index contributed by atoms with van der Waals surface area (Å²) in [6, 6.07) is 4.26. The normalized spacial score (nSPS) is 21.4. The average Bonchev–Trinajstić information content (AvgIpc) is 3.48. The highest BCUT2D eigenvalue weighted by Gasteiger charge is 2.33. The van der Waals surface area contributed by atoms with E-state index >= 15 is 0 Å². The second-order valence-electron chi connectivity index (χ2n) is 10.8. The number of nitrogens with one attached hydrogen (secondary N) is 2. The molecule has 2 atom stereocenters. The highest BCUT2D eigenvalue weighted by Crippen LogP contribution is 2.40. The Labute approximate surface area is 216 Å². The van der Waals surface area contributed by atoms with Gasteiger partial charge in [0.1, 0.15) is 22.9 Å². The van der Waals surface area contributed by atoms with Crippen LogP contribution < -0.4 is 10.1 Å². The van der Waals surface area contributed by atoms with Crippen molar-refractivity contribution in [3.05, 3.63) is 24.0 Å². The zero-order valence-corrected chi connectivity index (χ0v) is 21.8. The van der Waals surface area contributed by atoms with Crippen LogP contribution >= 0.6 is 0 Å². The van der Waals surface area contributed by atoms with Crippen molar-refractivity contribution in [2.45, 2.75) is 64.1 Å². The number of carbonyl (C=O) groups excluding carboxylic acids is 2. The molecule has 10 heteroatoms. The van der Waals surface area contributed by atoms with Crippen molar-refractivity contribution >= 4 is 34.8 Å². The summed E-state index contributed by atoms with van der Waals surface area (Å²) in [5, 5.41) is 11.6. The smallest absolute Gasteiger partial charge is 0.250 e. The molecular formula is C27H36N6O4. The Morgan fingerprint density at radius 3 is 2.78 bits per heavy atom. The van der Waals surface area contributed by atoms with Gasteiger partial charge in [-0.1, -0.05) is 0 Å². The number of hydrogen-bond donors (Lipinski definition) is 2.